The Morgan fingerprint density at radius 3 is 3.00 bits per heavy atom. The quantitative estimate of drug-likeness (QED) is 0.756. The number of aromatic amines is 1. The molecule has 0 saturated heterocycles. The summed E-state index contributed by atoms with van der Waals surface area (Å²) in [4.78, 5) is 21.4. The smallest absolute Gasteiger partial charge is 0.282 e. The van der Waals surface area contributed by atoms with Gasteiger partial charge in [-0.3, -0.25) is 14.9 Å². The SMILES string of the molecule is Cc1[nH]n(-c2nc3ccccc3s2)c(=O)c1C=NC1CC1. The van der Waals surface area contributed by atoms with Gasteiger partial charge in [0.25, 0.3) is 5.56 Å². The number of fused-ring (bicyclic) bond motifs is 1. The topological polar surface area (TPSA) is 63.0 Å². The van der Waals surface area contributed by atoms with E-state index in [0.29, 0.717) is 16.7 Å². The molecule has 2 heterocycles. The molecule has 21 heavy (non-hydrogen) atoms. The molecule has 1 aromatic carbocycles. The van der Waals surface area contributed by atoms with Crippen molar-refractivity contribution in [3.8, 4) is 5.13 Å². The van der Waals surface area contributed by atoms with Crippen LogP contribution in [-0.2, 0) is 0 Å². The van der Waals surface area contributed by atoms with Crippen molar-refractivity contribution in [3.05, 3.63) is 45.9 Å². The van der Waals surface area contributed by atoms with Crippen LogP contribution in [0.3, 0.4) is 0 Å². The number of H-pyrrole nitrogens is 1. The van der Waals surface area contributed by atoms with E-state index < -0.39 is 0 Å². The van der Waals surface area contributed by atoms with Crippen molar-refractivity contribution in [2.75, 3.05) is 0 Å². The van der Waals surface area contributed by atoms with Gasteiger partial charge < -0.3 is 0 Å². The number of nitrogens with one attached hydrogen (secondary N) is 1. The predicted octanol–water partition coefficient (Wildman–Crippen LogP) is 2.67. The van der Waals surface area contributed by atoms with E-state index >= 15 is 0 Å². The first-order valence-corrected chi connectivity index (χ1v) is 7.75. The van der Waals surface area contributed by atoms with E-state index in [4.69, 9.17) is 0 Å². The van der Waals surface area contributed by atoms with E-state index in [0.717, 1.165) is 28.8 Å². The van der Waals surface area contributed by atoms with Crippen LogP contribution in [0.5, 0.6) is 0 Å². The average Bonchev–Trinajstić information content (AvgIpc) is 3.13. The molecule has 2 aromatic heterocycles. The van der Waals surface area contributed by atoms with Crippen molar-refractivity contribution in [2.45, 2.75) is 25.8 Å². The van der Waals surface area contributed by atoms with Crippen LogP contribution in [0.2, 0.25) is 0 Å². The van der Waals surface area contributed by atoms with Crippen LogP contribution in [0.4, 0.5) is 0 Å². The van der Waals surface area contributed by atoms with E-state index in [9.17, 15) is 4.79 Å². The summed E-state index contributed by atoms with van der Waals surface area (Å²) in [6, 6.07) is 8.29. The maximum atomic E-state index is 12.5. The number of aryl methyl sites for hydroxylation is 1. The molecule has 0 amide bonds. The Kier molecular flexibility index (Phi) is 2.78. The van der Waals surface area contributed by atoms with Gasteiger partial charge in [-0.25, -0.2) is 4.98 Å². The molecule has 4 rings (SSSR count). The Morgan fingerprint density at radius 2 is 2.24 bits per heavy atom. The summed E-state index contributed by atoms with van der Waals surface area (Å²) in [7, 11) is 0. The zero-order chi connectivity index (χ0) is 14.4. The Labute approximate surface area is 125 Å². The van der Waals surface area contributed by atoms with Gasteiger partial charge in [-0.15, -0.1) is 0 Å². The highest BCUT2D eigenvalue weighted by Crippen LogP contribution is 2.24. The molecule has 5 nitrogen and oxygen atoms in total. The largest absolute Gasteiger partial charge is 0.293 e. The molecular formula is C15H14N4OS. The van der Waals surface area contributed by atoms with Crippen LogP contribution in [0.25, 0.3) is 15.3 Å². The number of hydrogen-bond acceptors (Lipinski definition) is 4. The zero-order valence-corrected chi connectivity index (χ0v) is 12.4. The number of thiazole rings is 1. The Balaban J connectivity index is 1.81. The lowest BCUT2D eigenvalue weighted by Gasteiger charge is -1.92. The summed E-state index contributed by atoms with van der Waals surface area (Å²) in [6.45, 7) is 1.89. The molecule has 0 spiro atoms. The highest BCUT2D eigenvalue weighted by Gasteiger charge is 2.20. The summed E-state index contributed by atoms with van der Waals surface area (Å²) < 4.78 is 2.58. The first-order chi connectivity index (χ1) is 10.2. The van der Waals surface area contributed by atoms with Crippen LogP contribution < -0.4 is 5.56 Å². The number of para-hydroxylation sites is 1. The molecule has 6 heteroatoms. The van der Waals surface area contributed by atoms with Gasteiger partial charge in [-0.2, -0.15) is 4.68 Å². The molecule has 106 valence electrons. The van der Waals surface area contributed by atoms with Crippen molar-refractivity contribution in [2.24, 2.45) is 4.99 Å². The van der Waals surface area contributed by atoms with Crippen molar-refractivity contribution < 1.29 is 0 Å². The Bertz CT molecular complexity index is 865. The minimum Gasteiger partial charge on any atom is -0.293 e. The molecule has 0 bridgehead atoms. The third kappa shape index (κ3) is 2.21. The van der Waals surface area contributed by atoms with Crippen molar-refractivity contribution in [1.29, 1.82) is 0 Å². The van der Waals surface area contributed by atoms with Gasteiger partial charge in [-0.05, 0) is 31.9 Å². The monoisotopic (exact) mass is 298 g/mol. The minimum absolute atomic E-state index is 0.0871. The lowest BCUT2D eigenvalue weighted by atomic mass is 10.3. The van der Waals surface area contributed by atoms with Gasteiger partial charge in [-0.1, -0.05) is 23.5 Å². The molecular weight excluding hydrogens is 284 g/mol. The number of aromatic nitrogens is 3. The summed E-state index contributed by atoms with van der Waals surface area (Å²) in [5.41, 5.74) is 2.27. The maximum absolute atomic E-state index is 12.5. The van der Waals surface area contributed by atoms with Crippen LogP contribution in [0.15, 0.2) is 34.1 Å². The molecule has 1 aliphatic carbocycles. The highest BCUT2D eigenvalue weighted by atomic mass is 32.1. The van der Waals surface area contributed by atoms with E-state index in [-0.39, 0.29) is 5.56 Å². The van der Waals surface area contributed by atoms with E-state index in [1.54, 1.807) is 6.21 Å². The minimum atomic E-state index is -0.0871. The number of rotatable bonds is 3. The van der Waals surface area contributed by atoms with Crippen molar-refractivity contribution in [3.63, 3.8) is 0 Å². The Morgan fingerprint density at radius 1 is 1.43 bits per heavy atom. The second kappa shape index (κ2) is 4.66. The van der Waals surface area contributed by atoms with Gasteiger partial charge >= 0.3 is 0 Å². The molecule has 0 radical (unpaired) electrons. The van der Waals surface area contributed by atoms with Crippen molar-refractivity contribution >= 4 is 27.8 Å². The summed E-state index contributed by atoms with van der Waals surface area (Å²) >= 11 is 1.50. The van der Waals surface area contributed by atoms with Gasteiger partial charge in [0.2, 0.25) is 5.13 Å². The fraction of sp³-hybridized carbons (Fsp3) is 0.267. The Hall–Kier alpha value is -2.21. The van der Waals surface area contributed by atoms with Gasteiger partial charge in [0, 0.05) is 11.9 Å². The third-order valence-electron chi connectivity index (χ3n) is 3.55. The second-order valence-corrected chi connectivity index (χ2v) is 6.27. The highest BCUT2D eigenvalue weighted by molar-refractivity contribution is 7.20. The number of nitrogens with zero attached hydrogens (tertiary/aromatic N) is 3. The fourth-order valence-corrected chi connectivity index (χ4v) is 3.13. The summed E-state index contributed by atoms with van der Waals surface area (Å²) in [6.07, 6.45) is 3.97. The molecule has 1 aliphatic rings. The molecule has 1 fully saturated rings. The summed E-state index contributed by atoms with van der Waals surface area (Å²) in [5, 5.41) is 3.76. The molecule has 0 aliphatic heterocycles. The second-order valence-electron chi connectivity index (χ2n) is 5.26. The summed E-state index contributed by atoms with van der Waals surface area (Å²) in [5.74, 6) is 0. The van der Waals surface area contributed by atoms with Gasteiger partial charge in [0.15, 0.2) is 0 Å². The predicted molar refractivity (Wildman–Crippen MR) is 84.9 cm³/mol. The fourth-order valence-electron chi connectivity index (χ4n) is 2.21. The van der Waals surface area contributed by atoms with Gasteiger partial charge in [0.05, 0.1) is 21.8 Å². The van der Waals surface area contributed by atoms with E-state index in [2.05, 4.69) is 15.1 Å². The van der Waals surface area contributed by atoms with Crippen LogP contribution in [0.1, 0.15) is 24.1 Å². The number of aliphatic imine (C=N–C) groups is 1. The molecule has 1 N–H and O–H groups in total. The normalized spacial score (nSPS) is 15.3. The first-order valence-electron chi connectivity index (χ1n) is 6.93. The van der Waals surface area contributed by atoms with Crippen LogP contribution >= 0.6 is 11.3 Å². The number of benzene rings is 1. The molecule has 3 aromatic rings. The zero-order valence-electron chi connectivity index (χ0n) is 11.5. The van der Waals surface area contributed by atoms with Crippen LogP contribution in [0, 0.1) is 6.92 Å². The standard InChI is InChI=1S/C15H14N4OS/c1-9-11(8-16-10-6-7-10)14(20)19(18-9)15-17-12-4-2-3-5-13(12)21-15/h2-5,8,10,18H,6-7H2,1H3. The molecule has 0 atom stereocenters. The average molecular weight is 298 g/mol. The maximum Gasteiger partial charge on any atom is 0.282 e. The first kappa shape index (κ1) is 12.5. The molecule has 1 saturated carbocycles. The van der Waals surface area contributed by atoms with Crippen LogP contribution in [-0.4, -0.2) is 27.0 Å². The van der Waals surface area contributed by atoms with E-state index in [1.165, 1.54) is 16.0 Å². The van der Waals surface area contributed by atoms with Gasteiger partial charge in [0.1, 0.15) is 0 Å². The molecule has 0 unspecified atom stereocenters. The lowest BCUT2D eigenvalue weighted by Crippen LogP contribution is -2.17. The third-order valence-corrected chi connectivity index (χ3v) is 4.57. The van der Waals surface area contributed by atoms with Crippen molar-refractivity contribution in [1.82, 2.24) is 14.8 Å². The van der Waals surface area contributed by atoms with E-state index in [1.807, 2.05) is 31.2 Å². The number of hydrogen-bond donors (Lipinski definition) is 1. The lowest BCUT2D eigenvalue weighted by molar-refractivity contribution is 0.829.